The van der Waals surface area contributed by atoms with Crippen molar-refractivity contribution in [3.63, 3.8) is 0 Å². The van der Waals surface area contributed by atoms with Gasteiger partial charge in [-0.25, -0.2) is 4.98 Å². The number of nitrogens with zero attached hydrogens (tertiary/aromatic N) is 6. The summed E-state index contributed by atoms with van der Waals surface area (Å²) in [5.74, 6) is 1.48. The summed E-state index contributed by atoms with van der Waals surface area (Å²) in [5.41, 5.74) is 3.56. The molecule has 0 spiro atoms. The van der Waals surface area contributed by atoms with Gasteiger partial charge in [0, 0.05) is 75.3 Å². The van der Waals surface area contributed by atoms with Gasteiger partial charge in [-0.15, -0.1) is 0 Å². The first kappa shape index (κ1) is 22.5. The third-order valence-electron chi connectivity index (χ3n) is 6.17. The molecular formula is C25H31N7O. The molecule has 1 aliphatic rings. The maximum Gasteiger partial charge on any atom is 0.231 e. The smallest absolute Gasteiger partial charge is 0.231 e. The van der Waals surface area contributed by atoms with Crippen LogP contribution in [-0.4, -0.2) is 46.8 Å². The third kappa shape index (κ3) is 5.05. The number of carbonyl (C=O) groups is 1. The van der Waals surface area contributed by atoms with Gasteiger partial charge in [0.05, 0.1) is 0 Å². The van der Waals surface area contributed by atoms with Gasteiger partial charge in [0.15, 0.2) is 0 Å². The Labute approximate surface area is 194 Å². The van der Waals surface area contributed by atoms with Crippen molar-refractivity contribution in [3.05, 3.63) is 60.2 Å². The molecule has 0 bridgehead atoms. The molecule has 1 amide bonds. The minimum atomic E-state index is 0.0585. The van der Waals surface area contributed by atoms with Gasteiger partial charge in [-0.05, 0) is 55.8 Å². The summed E-state index contributed by atoms with van der Waals surface area (Å²) in [4.78, 5) is 29.5. The second-order valence-corrected chi connectivity index (χ2v) is 8.55. The molecule has 8 heteroatoms. The van der Waals surface area contributed by atoms with Crippen LogP contribution in [0, 0.1) is 6.92 Å². The lowest BCUT2D eigenvalue weighted by Crippen LogP contribution is -2.35. The second-order valence-electron chi connectivity index (χ2n) is 8.55. The van der Waals surface area contributed by atoms with Crippen LogP contribution >= 0.6 is 0 Å². The van der Waals surface area contributed by atoms with Crippen LogP contribution in [0.1, 0.15) is 30.4 Å². The first-order chi connectivity index (χ1) is 16.0. The van der Waals surface area contributed by atoms with Gasteiger partial charge in [0.2, 0.25) is 11.9 Å². The highest BCUT2D eigenvalue weighted by Gasteiger charge is 2.28. The number of aliphatic imine (C=N–C) groups is 1. The summed E-state index contributed by atoms with van der Waals surface area (Å²) in [6, 6.07) is 8.40. The van der Waals surface area contributed by atoms with Crippen molar-refractivity contribution >= 4 is 35.3 Å². The molecule has 0 radical (unpaired) electrons. The van der Waals surface area contributed by atoms with Crippen molar-refractivity contribution in [2.24, 2.45) is 12.0 Å². The van der Waals surface area contributed by atoms with Crippen molar-refractivity contribution in [2.45, 2.75) is 38.8 Å². The number of rotatable bonds is 8. The van der Waals surface area contributed by atoms with Gasteiger partial charge in [-0.3, -0.25) is 9.79 Å². The van der Waals surface area contributed by atoms with E-state index in [1.165, 1.54) is 16.5 Å². The summed E-state index contributed by atoms with van der Waals surface area (Å²) < 4.78 is 2.13. The molecule has 1 atom stereocenters. The molecule has 172 valence electrons. The van der Waals surface area contributed by atoms with E-state index in [0.717, 1.165) is 30.8 Å². The minimum absolute atomic E-state index is 0.0585. The quantitative estimate of drug-likeness (QED) is 0.537. The number of nitrogens with one attached hydrogen (secondary N) is 1. The number of amides is 1. The fraction of sp³-hybridized carbons (Fsp3) is 0.360. The van der Waals surface area contributed by atoms with Gasteiger partial charge < -0.3 is 19.7 Å². The minimum Gasteiger partial charge on any atom is -0.353 e. The number of hydrogen-bond donors (Lipinski definition) is 1. The SMILES string of the molecule is C=N/C=C\N(C)c1nccc(N2CCC[C@@H]2CC(=O)NCc2ccc3c(c2)c(C)cn3C)n1. The maximum absolute atomic E-state index is 12.8. The van der Waals surface area contributed by atoms with Crippen molar-refractivity contribution in [2.75, 3.05) is 23.4 Å². The van der Waals surface area contributed by atoms with Gasteiger partial charge >= 0.3 is 0 Å². The van der Waals surface area contributed by atoms with E-state index in [0.29, 0.717) is 18.9 Å². The van der Waals surface area contributed by atoms with Crippen LogP contribution in [0.15, 0.2) is 54.1 Å². The summed E-state index contributed by atoms with van der Waals surface area (Å²) in [5, 5.41) is 4.33. The second kappa shape index (κ2) is 9.85. The van der Waals surface area contributed by atoms with Crippen LogP contribution in [0.4, 0.5) is 11.8 Å². The fourth-order valence-electron chi connectivity index (χ4n) is 4.47. The average molecular weight is 446 g/mol. The van der Waals surface area contributed by atoms with Crippen LogP contribution in [0.2, 0.25) is 0 Å². The van der Waals surface area contributed by atoms with Gasteiger partial charge in [0.1, 0.15) is 5.82 Å². The van der Waals surface area contributed by atoms with E-state index in [9.17, 15) is 4.79 Å². The van der Waals surface area contributed by atoms with Crippen molar-refractivity contribution in [3.8, 4) is 0 Å². The molecular weight excluding hydrogens is 414 g/mol. The molecule has 1 aromatic carbocycles. The molecule has 2 aromatic heterocycles. The highest BCUT2D eigenvalue weighted by molar-refractivity contribution is 5.84. The molecule has 0 unspecified atom stereocenters. The largest absolute Gasteiger partial charge is 0.353 e. The maximum atomic E-state index is 12.8. The number of hydrogen-bond acceptors (Lipinski definition) is 6. The Morgan fingerprint density at radius 1 is 1.39 bits per heavy atom. The molecule has 3 heterocycles. The van der Waals surface area contributed by atoms with E-state index in [1.807, 2.05) is 13.1 Å². The fourth-order valence-corrected chi connectivity index (χ4v) is 4.47. The van der Waals surface area contributed by atoms with E-state index in [1.54, 1.807) is 23.5 Å². The Balaban J connectivity index is 1.38. The Morgan fingerprint density at radius 2 is 2.24 bits per heavy atom. The number of aromatic nitrogens is 3. The summed E-state index contributed by atoms with van der Waals surface area (Å²) in [6.45, 7) is 6.97. The molecule has 1 N–H and O–H groups in total. The molecule has 4 rings (SSSR count). The Bertz CT molecular complexity index is 1180. The zero-order chi connectivity index (χ0) is 23.4. The van der Waals surface area contributed by atoms with E-state index < -0.39 is 0 Å². The Hall–Kier alpha value is -3.68. The van der Waals surface area contributed by atoms with E-state index in [-0.39, 0.29) is 11.9 Å². The van der Waals surface area contributed by atoms with E-state index in [4.69, 9.17) is 4.98 Å². The Morgan fingerprint density at radius 3 is 3.06 bits per heavy atom. The van der Waals surface area contributed by atoms with Crippen LogP contribution in [0.5, 0.6) is 0 Å². The van der Waals surface area contributed by atoms with Gasteiger partial charge in [0.25, 0.3) is 0 Å². The lowest BCUT2D eigenvalue weighted by Gasteiger charge is -2.26. The summed E-state index contributed by atoms with van der Waals surface area (Å²) >= 11 is 0. The molecule has 0 aliphatic carbocycles. The molecule has 1 aliphatic heterocycles. The summed E-state index contributed by atoms with van der Waals surface area (Å²) in [7, 11) is 3.92. The van der Waals surface area contributed by atoms with Crippen molar-refractivity contribution < 1.29 is 4.79 Å². The number of aryl methyl sites for hydroxylation is 2. The number of fused-ring (bicyclic) bond motifs is 1. The van der Waals surface area contributed by atoms with Crippen molar-refractivity contribution in [1.82, 2.24) is 19.9 Å². The molecule has 1 saturated heterocycles. The number of anilines is 2. The monoisotopic (exact) mass is 445 g/mol. The molecule has 8 nitrogen and oxygen atoms in total. The van der Waals surface area contributed by atoms with Crippen LogP contribution in [0.3, 0.4) is 0 Å². The zero-order valence-corrected chi connectivity index (χ0v) is 19.5. The highest BCUT2D eigenvalue weighted by Crippen LogP contribution is 2.27. The first-order valence-electron chi connectivity index (χ1n) is 11.2. The molecule has 0 saturated carbocycles. The predicted octanol–water partition coefficient (Wildman–Crippen LogP) is 3.56. The lowest BCUT2D eigenvalue weighted by molar-refractivity contribution is -0.121. The van der Waals surface area contributed by atoms with E-state index in [2.05, 4.69) is 69.8 Å². The first-order valence-corrected chi connectivity index (χ1v) is 11.2. The molecule has 3 aromatic rings. The number of benzene rings is 1. The highest BCUT2D eigenvalue weighted by atomic mass is 16.1. The van der Waals surface area contributed by atoms with Crippen LogP contribution < -0.4 is 15.1 Å². The molecule has 1 fully saturated rings. The number of carbonyl (C=O) groups excluding carboxylic acids is 1. The average Bonchev–Trinajstić information content (AvgIpc) is 3.39. The van der Waals surface area contributed by atoms with Gasteiger partial charge in [-0.2, -0.15) is 4.98 Å². The lowest BCUT2D eigenvalue weighted by atomic mass is 10.1. The molecule has 33 heavy (non-hydrogen) atoms. The van der Waals surface area contributed by atoms with E-state index >= 15 is 0 Å². The normalized spacial score (nSPS) is 16.0. The van der Waals surface area contributed by atoms with Gasteiger partial charge in [-0.1, -0.05) is 6.07 Å². The Kier molecular flexibility index (Phi) is 6.72. The van der Waals surface area contributed by atoms with Crippen LogP contribution in [0.25, 0.3) is 10.9 Å². The predicted molar refractivity (Wildman–Crippen MR) is 134 cm³/mol. The topological polar surface area (TPSA) is 78.7 Å². The standard InChI is InChI=1S/C25H31N7O/c1-18-17-31(4)22-8-7-19(14-21(18)22)16-28-24(33)15-20-6-5-12-32(20)23-9-10-27-25(29-23)30(3)13-11-26-2/h7-11,13-14,17,20H,2,5-6,12,15-16H2,1,3-4H3,(H,28,33)/b13-11-/t20-/m1/s1. The van der Waals surface area contributed by atoms with Crippen molar-refractivity contribution in [1.29, 1.82) is 0 Å². The van der Waals surface area contributed by atoms with Crippen LogP contribution in [-0.2, 0) is 18.4 Å². The zero-order valence-electron chi connectivity index (χ0n) is 19.5. The third-order valence-corrected chi connectivity index (χ3v) is 6.17. The summed E-state index contributed by atoms with van der Waals surface area (Å²) in [6.07, 6.45) is 9.69.